The molecule has 6 nitrogen and oxygen atoms in total. The first kappa shape index (κ1) is 24.5. The van der Waals surface area contributed by atoms with Gasteiger partial charge in [0.25, 0.3) is 0 Å². The second-order valence-electron chi connectivity index (χ2n) is 11.3. The Kier molecular flexibility index (Phi) is 6.74. The highest BCUT2D eigenvalue weighted by molar-refractivity contribution is 7.98. The van der Waals surface area contributed by atoms with Crippen LogP contribution in [0.25, 0.3) is 5.69 Å². The SMILES string of the molecule is CCOc1ccc(-n2c(CNC(=O)C34CC5CC(CC(C5)C3)C4)nnc2SCc2cccc(C)c2)cc1. The smallest absolute Gasteiger partial charge is 0.226 e. The normalized spacial score (nSPS) is 25.8. The van der Waals surface area contributed by atoms with Crippen molar-refractivity contribution in [2.24, 2.45) is 23.2 Å². The highest BCUT2D eigenvalue weighted by atomic mass is 32.2. The molecule has 0 unspecified atom stereocenters. The summed E-state index contributed by atoms with van der Waals surface area (Å²) < 4.78 is 7.73. The van der Waals surface area contributed by atoms with E-state index in [2.05, 4.69) is 51.3 Å². The van der Waals surface area contributed by atoms with Gasteiger partial charge in [0.2, 0.25) is 5.91 Å². The fraction of sp³-hybridized carbons (Fsp3) is 0.500. The molecule has 1 aromatic heterocycles. The standard InChI is InChI=1S/C30H36N4O2S/c1-3-36-26-9-7-25(8-10-26)34-27(32-33-29(34)37-19-21-6-4-5-20(2)11-21)18-31-28(35)30-15-22-12-23(16-30)14-24(13-22)17-30/h4-11,22-24H,3,12-19H2,1-2H3,(H,31,35). The quantitative estimate of drug-likeness (QED) is 0.348. The zero-order chi connectivity index (χ0) is 25.4. The van der Waals surface area contributed by atoms with E-state index in [4.69, 9.17) is 4.74 Å². The molecule has 194 valence electrons. The van der Waals surface area contributed by atoms with E-state index < -0.39 is 0 Å². The van der Waals surface area contributed by atoms with Crippen molar-refractivity contribution in [3.8, 4) is 11.4 Å². The molecule has 4 bridgehead atoms. The van der Waals surface area contributed by atoms with Gasteiger partial charge in [-0.15, -0.1) is 10.2 Å². The van der Waals surface area contributed by atoms with Crippen LogP contribution in [-0.2, 0) is 17.1 Å². The zero-order valence-corrected chi connectivity index (χ0v) is 22.6. The summed E-state index contributed by atoms with van der Waals surface area (Å²) in [7, 11) is 0. The number of hydrogen-bond donors (Lipinski definition) is 1. The molecular weight excluding hydrogens is 480 g/mol. The molecule has 7 rings (SSSR count). The topological polar surface area (TPSA) is 69.0 Å². The van der Waals surface area contributed by atoms with E-state index in [1.54, 1.807) is 11.8 Å². The number of thioether (sulfide) groups is 1. The average Bonchev–Trinajstić information content (AvgIpc) is 3.28. The number of benzene rings is 2. The lowest BCUT2D eigenvalue weighted by Crippen LogP contribution is -2.53. The number of rotatable bonds is 9. The van der Waals surface area contributed by atoms with E-state index in [-0.39, 0.29) is 11.3 Å². The van der Waals surface area contributed by atoms with E-state index in [1.165, 1.54) is 30.4 Å². The number of ether oxygens (including phenoxy) is 1. The van der Waals surface area contributed by atoms with Crippen LogP contribution < -0.4 is 10.1 Å². The number of aromatic nitrogens is 3. The number of amides is 1. The highest BCUT2D eigenvalue weighted by Crippen LogP contribution is 2.60. The summed E-state index contributed by atoms with van der Waals surface area (Å²) in [5.74, 6) is 4.86. The van der Waals surface area contributed by atoms with Crippen molar-refractivity contribution in [2.45, 2.75) is 69.8 Å². The van der Waals surface area contributed by atoms with Crippen LogP contribution in [0.15, 0.2) is 53.7 Å². The fourth-order valence-electron chi connectivity index (χ4n) is 7.31. The van der Waals surface area contributed by atoms with Crippen molar-refractivity contribution >= 4 is 17.7 Å². The number of nitrogens with zero attached hydrogens (tertiary/aromatic N) is 3. The van der Waals surface area contributed by atoms with Gasteiger partial charge in [-0.3, -0.25) is 9.36 Å². The van der Waals surface area contributed by atoms with Gasteiger partial charge in [-0.25, -0.2) is 0 Å². The molecule has 4 aliphatic carbocycles. The fourth-order valence-corrected chi connectivity index (χ4v) is 8.22. The van der Waals surface area contributed by atoms with Crippen molar-refractivity contribution in [1.82, 2.24) is 20.1 Å². The van der Waals surface area contributed by atoms with Gasteiger partial charge in [-0.05, 0) is 100.0 Å². The third-order valence-electron chi connectivity index (χ3n) is 8.48. The predicted molar refractivity (Wildman–Crippen MR) is 146 cm³/mol. The van der Waals surface area contributed by atoms with E-state index in [9.17, 15) is 4.79 Å². The molecule has 4 aliphatic rings. The Morgan fingerprint density at radius 3 is 2.41 bits per heavy atom. The Morgan fingerprint density at radius 1 is 1.05 bits per heavy atom. The Bertz CT molecular complexity index is 1230. The molecule has 3 aromatic rings. The van der Waals surface area contributed by atoms with Crippen molar-refractivity contribution in [1.29, 1.82) is 0 Å². The summed E-state index contributed by atoms with van der Waals surface area (Å²) in [5.41, 5.74) is 3.31. The molecular formula is C30H36N4O2S. The largest absolute Gasteiger partial charge is 0.494 e. The molecule has 0 saturated heterocycles. The first-order valence-electron chi connectivity index (χ1n) is 13.7. The van der Waals surface area contributed by atoms with Gasteiger partial charge in [-0.1, -0.05) is 41.6 Å². The Labute approximate surface area is 223 Å². The van der Waals surface area contributed by atoms with Crippen LogP contribution in [0, 0.1) is 30.1 Å². The maximum atomic E-state index is 13.6. The van der Waals surface area contributed by atoms with Gasteiger partial charge in [0.15, 0.2) is 11.0 Å². The van der Waals surface area contributed by atoms with Gasteiger partial charge in [0.1, 0.15) is 5.75 Å². The summed E-state index contributed by atoms with van der Waals surface area (Å²) in [6.45, 7) is 5.11. The minimum atomic E-state index is -0.165. The summed E-state index contributed by atoms with van der Waals surface area (Å²) in [6, 6.07) is 16.6. The highest BCUT2D eigenvalue weighted by Gasteiger charge is 2.54. The van der Waals surface area contributed by atoms with Gasteiger partial charge in [0.05, 0.1) is 13.2 Å². The third-order valence-corrected chi connectivity index (χ3v) is 9.48. The average molecular weight is 517 g/mol. The lowest BCUT2D eigenvalue weighted by Gasteiger charge is -2.55. The van der Waals surface area contributed by atoms with E-state index >= 15 is 0 Å². The van der Waals surface area contributed by atoms with Crippen LogP contribution in [0.1, 0.15) is 62.4 Å². The van der Waals surface area contributed by atoms with Crippen LogP contribution >= 0.6 is 11.8 Å². The van der Waals surface area contributed by atoms with Crippen LogP contribution in [0.2, 0.25) is 0 Å². The Balaban J connectivity index is 1.22. The summed E-state index contributed by atoms with van der Waals surface area (Å²) >= 11 is 1.67. The van der Waals surface area contributed by atoms with Gasteiger partial charge < -0.3 is 10.1 Å². The molecule has 1 N–H and O–H groups in total. The Hall–Kier alpha value is -2.80. The van der Waals surface area contributed by atoms with E-state index in [0.29, 0.717) is 13.2 Å². The van der Waals surface area contributed by atoms with E-state index in [0.717, 1.165) is 65.2 Å². The van der Waals surface area contributed by atoms with Crippen molar-refractivity contribution in [3.63, 3.8) is 0 Å². The molecule has 2 aromatic carbocycles. The maximum absolute atomic E-state index is 13.6. The molecule has 1 heterocycles. The third kappa shape index (κ3) is 5.02. The molecule has 37 heavy (non-hydrogen) atoms. The second-order valence-corrected chi connectivity index (χ2v) is 12.3. The number of hydrogen-bond acceptors (Lipinski definition) is 5. The lowest BCUT2D eigenvalue weighted by molar-refractivity contribution is -0.146. The molecule has 1 amide bonds. The number of carbonyl (C=O) groups is 1. The number of aryl methyl sites for hydroxylation is 1. The first-order chi connectivity index (χ1) is 18.0. The van der Waals surface area contributed by atoms with Crippen molar-refractivity contribution in [3.05, 3.63) is 65.5 Å². The van der Waals surface area contributed by atoms with Crippen LogP contribution in [0.4, 0.5) is 0 Å². The molecule has 4 fully saturated rings. The number of nitrogens with one attached hydrogen (secondary N) is 1. The van der Waals surface area contributed by atoms with Crippen molar-refractivity contribution < 1.29 is 9.53 Å². The van der Waals surface area contributed by atoms with Crippen LogP contribution in [0.3, 0.4) is 0 Å². The van der Waals surface area contributed by atoms with Gasteiger partial charge >= 0.3 is 0 Å². The summed E-state index contributed by atoms with van der Waals surface area (Å²) in [5, 5.41) is 13.2. The molecule has 0 atom stereocenters. The van der Waals surface area contributed by atoms with Gasteiger partial charge in [0, 0.05) is 16.9 Å². The molecule has 0 spiro atoms. The second kappa shape index (κ2) is 10.2. The maximum Gasteiger partial charge on any atom is 0.226 e. The first-order valence-corrected chi connectivity index (χ1v) is 14.6. The minimum absolute atomic E-state index is 0.165. The Morgan fingerprint density at radius 2 is 1.76 bits per heavy atom. The van der Waals surface area contributed by atoms with Gasteiger partial charge in [-0.2, -0.15) is 0 Å². The monoisotopic (exact) mass is 516 g/mol. The summed E-state index contributed by atoms with van der Waals surface area (Å²) in [6.07, 6.45) is 7.19. The van der Waals surface area contributed by atoms with Crippen molar-refractivity contribution in [2.75, 3.05) is 6.61 Å². The van der Waals surface area contributed by atoms with Crippen LogP contribution in [0.5, 0.6) is 5.75 Å². The minimum Gasteiger partial charge on any atom is -0.494 e. The molecule has 7 heteroatoms. The lowest BCUT2D eigenvalue weighted by atomic mass is 9.49. The molecule has 0 aliphatic heterocycles. The summed E-state index contributed by atoms with van der Waals surface area (Å²) in [4.78, 5) is 13.6. The van der Waals surface area contributed by atoms with Crippen LogP contribution in [-0.4, -0.2) is 27.3 Å². The predicted octanol–water partition coefficient (Wildman–Crippen LogP) is 6.10. The molecule has 4 saturated carbocycles. The zero-order valence-electron chi connectivity index (χ0n) is 21.8. The van der Waals surface area contributed by atoms with E-state index in [1.807, 2.05) is 31.2 Å². The number of carbonyl (C=O) groups excluding carboxylic acids is 1. The molecule has 0 radical (unpaired) electrons.